The first-order valence-corrected chi connectivity index (χ1v) is 10.8. The Balaban J connectivity index is 1.35. The van der Waals surface area contributed by atoms with Crippen molar-refractivity contribution < 1.29 is 4.52 Å². The van der Waals surface area contributed by atoms with Crippen LogP contribution in [0.15, 0.2) is 46.0 Å². The second kappa shape index (κ2) is 8.33. The molecule has 0 atom stereocenters. The van der Waals surface area contributed by atoms with Crippen LogP contribution in [0, 0.1) is 13.8 Å². The molecule has 5 rings (SSSR count). The maximum absolute atomic E-state index is 13.1. The number of likely N-dealkylation sites (N-methyl/N-ethyl adjacent to an activating group) is 1. The molecule has 0 unspecified atom stereocenters. The van der Waals surface area contributed by atoms with Crippen molar-refractivity contribution >= 4 is 5.52 Å². The summed E-state index contributed by atoms with van der Waals surface area (Å²) in [5.74, 6) is 1.08. The number of fused-ring (bicyclic) bond motifs is 1. The predicted molar refractivity (Wildman–Crippen MR) is 121 cm³/mol. The average molecular weight is 434 g/mol. The van der Waals surface area contributed by atoms with Crippen molar-refractivity contribution in [3.8, 4) is 11.3 Å². The first-order chi connectivity index (χ1) is 15.5. The van der Waals surface area contributed by atoms with Gasteiger partial charge in [0.25, 0.3) is 5.56 Å². The van der Waals surface area contributed by atoms with Gasteiger partial charge in [0, 0.05) is 44.1 Å². The average Bonchev–Trinajstić information content (AvgIpc) is 3.41. The summed E-state index contributed by atoms with van der Waals surface area (Å²) >= 11 is 0. The Bertz CT molecular complexity index is 1310. The predicted octanol–water partition coefficient (Wildman–Crippen LogP) is 1.96. The SMILES string of the molecule is Cc1ccc(-c2cc3c(=O)n(Cc4noc(CN5CCN(C)CC5)n4)ccn3n2)cc1C. The fourth-order valence-corrected chi connectivity index (χ4v) is 3.96. The van der Waals surface area contributed by atoms with E-state index in [4.69, 9.17) is 4.52 Å². The van der Waals surface area contributed by atoms with Gasteiger partial charge in [0.05, 0.1) is 18.8 Å². The molecule has 0 spiro atoms. The molecule has 0 amide bonds. The van der Waals surface area contributed by atoms with Gasteiger partial charge in [-0.05, 0) is 44.2 Å². The van der Waals surface area contributed by atoms with E-state index in [9.17, 15) is 4.79 Å². The number of hydrogen-bond donors (Lipinski definition) is 0. The molecule has 0 radical (unpaired) electrons. The molecule has 0 saturated carbocycles. The van der Waals surface area contributed by atoms with Gasteiger partial charge in [0.1, 0.15) is 5.52 Å². The minimum absolute atomic E-state index is 0.138. The molecule has 1 saturated heterocycles. The van der Waals surface area contributed by atoms with Gasteiger partial charge < -0.3 is 14.0 Å². The largest absolute Gasteiger partial charge is 0.338 e. The van der Waals surface area contributed by atoms with Crippen LogP contribution in [0.4, 0.5) is 0 Å². The van der Waals surface area contributed by atoms with E-state index in [0.29, 0.717) is 23.8 Å². The summed E-state index contributed by atoms with van der Waals surface area (Å²) in [4.78, 5) is 22.2. The Hall–Kier alpha value is -3.30. The van der Waals surface area contributed by atoms with Gasteiger partial charge in [-0.25, -0.2) is 4.52 Å². The Kier molecular flexibility index (Phi) is 5.36. The minimum atomic E-state index is -0.138. The standard InChI is InChI=1S/C23H27N7O2/c1-16-4-5-18(12-17(16)2)19-13-20-23(31)29(10-11-30(20)25-19)14-21-24-22(32-26-21)15-28-8-6-27(3)7-9-28/h4-5,10-13H,6-9,14-15H2,1-3H3. The van der Waals surface area contributed by atoms with Crippen LogP contribution in [0.2, 0.25) is 0 Å². The highest BCUT2D eigenvalue weighted by atomic mass is 16.5. The van der Waals surface area contributed by atoms with Gasteiger partial charge >= 0.3 is 0 Å². The topological polar surface area (TPSA) is 84.7 Å². The van der Waals surface area contributed by atoms with E-state index in [2.05, 4.69) is 58.1 Å². The number of hydrogen-bond acceptors (Lipinski definition) is 7. The van der Waals surface area contributed by atoms with Crippen molar-refractivity contribution in [3.63, 3.8) is 0 Å². The second-order valence-electron chi connectivity index (χ2n) is 8.57. The molecule has 1 aliphatic heterocycles. The molecule has 9 nitrogen and oxygen atoms in total. The highest BCUT2D eigenvalue weighted by molar-refractivity contribution is 5.66. The quantitative estimate of drug-likeness (QED) is 0.476. The lowest BCUT2D eigenvalue weighted by Gasteiger charge is -2.31. The minimum Gasteiger partial charge on any atom is -0.338 e. The summed E-state index contributed by atoms with van der Waals surface area (Å²) in [5, 5.41) is 8.66. The van der Waals surface area contributed by atoms with Gasteiger partial charge in [-0.2, -0.15) is 10.1 Å². The smallest absolute Gasteiger partial charge is 0.277 e. The van der Waals surface area contributed by atoms with Gasteiger partial charge in [-0.3, -0.25) is 9.69 Å². The third-order valence-electron chi connectivity index (χ3n) is 6.18. The normalized spacial score (nSPS) is 15.6. The maximum Gasteiger partial charge on any atom is 0.277 e. The third-order valence-corrected chi connectivity index (χ3v) is 6.18. The summed E-state index contributed by atoms with van der Waals surface area (Å²) in [5.41, 5.74) is 4.57. The van der Waals surface area contributed by atoms with Crippen molar-refractivity contribution in [1.29, 1.82) is 0 Å². The Morgan fingerprint density at radius 3 is 2.59 bits per heavy atom. The number of aromatic nitrogens is 5. The number of rotatable bonds is 5. The van der Waals surface area contributed by atoms with Crippen LogP contribution in [-0.2, 0) is 13.1 Å². The number of benzene rings is 1. The zero-order chi connectivity index (χ0) is 22.2. The van der Waals surface area contributed by atoms with E-state index in [0.717, 1.165) is 37.4 Å². The van der Waals surface area contributed by atoms with Crippen LogP contribution in [-0.4, -0.2) is 67.3 Å². The van der Waals surface area contributed by atoms with E-state index in [1.165, 1.54) is 11.1 Å². The van der Waals surface area contributed by atoms with Crippen LogP contribution in [0.5, 0.6) is 0 Å². The fourth-order valence-electron chi connectivity index (χ4n) is 3.96. The van der Waals surface area contributed by atoms with Gasteiger partial charge in [0.2, 0.25) is 5.89 Å². The van der Waals surface area contributed by atoms with Gasteiger partial charge in [-0.15, -0.1) is 0 Å². The van der Waals surface area contributed by atoms with Gasteiger partial charge in [0.15, 0.2) is 5.82 Å². The Morgan fingerprint density at radius 2 is 1.81 bits per heavy atom. The lowest BCUT2D eigenvalue weighted by molar-refractivity contribution is 0.135. The summed E-state index contributed by atoms with van der Waals surface area (Å²) in [6.07, 6.45) is 3.50. The number of nitrogens with zero attached hydrogens (tertiary/aromatic N) is 7. The molecule has 1 aliphatic rings. The molecule has 166 valence electrons. The van der Waals surface area contributed by atoms with E-state index in [-0.39, 0.29) is 12.1 Å². The number of piperazine rings is 1. The van der Waals surface area contributed by atoms with Crippen molar-refractivity contribution in [1.82, 2.24) is 34.1 Å². The molecule has 4 heterocycles. The van der Waals surface area contributed by atoms with E-state index < -0.39 is 0 Å². The zero-order valence-electron chi connectivity index (χ0n) is 18.7. The van der Waals surface area contributed by atoms with E-state index in [1.54, 1.807) is 21.5 Å². The Morgan fingerprint density at radius 1 is 1.00 bits per heavy atom. The molecule has 0 aliphatic carbocycles. The zero-order valence-corrected chi connectivity index (χ0v) is 18.7. The van der Waals surface area contributed by atoms with Crippen molar-refractivity contribution in [2.75, 3.05) is 33.2 Å². The molecule has 32 heavy (non-hydrogen) atoms. The third kappa shape index (κ3) is 4.09. The van der Waals surface area contributed by atoms with Crippen molar-refractivity contribution in [2.45, 2.75) is 26.9 Å². The van der Waals surface area contributed by atoms with Crippen LogP contribution in [0.3, 0.4) is 0 Å². The maximum atomic E-state index is 13.1. The first kappa shape index (κ1) is 20.6. The van der Waals surface area contributed by atoms with Gasteiger partial charge in [-0.1, -0.05) is 17.3 Å². The fraction of sp³-hybridized carbons (Fsp3) is 0.391. The molecule has 9 heteroatoms. The second-order valence-corrected chi connectivity index (χ2v) is 8.57. The molecule has 3 aromatic heterocycles. The van der Waals surface area contributed by atoms with Crippen molar-refractivity contribution in [3.05, 3.63) is 69.9 Å². The molecule has 1 fully saturated rings. The summed E-state index contributed by atoms with van der Waals surface area (Å²) in [6, 6.07) is 8.03. The lowest BCUT2D eigenvalue weighted by Crippen LogP contribution is -2.43. The van der Waals surface area contributed by atoms with E-state index >= 15 is 0 Å². The highest BCUT2D eigenvalue weighted by Crippen LogP contribution is 2.21. The first-order valence-electron chi connectivity index (χ1n) is 10.8. The van der Waals surface area contributed by atoms with E-state index in [1.807, 2.05) is 12.1 Å². The Labute approximate surface area is 185 Å². The monoisotopic (exact) mass is 433 g/mol. The molecular weight excluding hydrogens is 406 g/mol. The summed E-state index contributed by atoms with van der Waals surface area (Å²) < 4.78 is 8.64. The van der Waals surface area contributed by atoms with Crippen LogP contribution in [0.1, 0.15) is 22.8 Å². The summed E-state index contributed by atoms with van der Waals surface area (Å²) in [6.45, 7) is 9.07. The molecule has 0 bridgehead atoms. The molecule has 4 aromatic rings. The lowest BCUT2D eigenvalue weighted by atomic mass is 10.0. The summed E-state index contributed by atoms with van der Waals surface area (Å²) in [7, 11) is 2.13. The number of aryl methyl sites for hydroxylation is 2. The van der Waals surface area contributed by atoms with Crippen LogP contribution in [0.25, 0.3) is 16.8 Å². The highest BCUT2D eigenvalue weighted by Gasteiger charge is 2.18. The molecule has 1 aromatic carbocycles. The van der Waals surface area contributed by atoms with Crippen LogP contribution >= 0.6 is 0 Å². The molecular formula is C23H27N7O2. The van der Waals surface area contributed by atoms with Crippen LogP contribution < -0.4 is 5.56 Å². The van der Waals surface area contributed by atoms with Crippen molar-refractivity contribution in [2.24, 2.45) is 0 Å². The molecule has 0 N–H and O–H groups in total.